The van der Waals surface area contributed by atoms with E-state index < -0.39 is 4.92 Å². The molecular weight excluding hydrogens is 330 g/mol. The van der Waals surface area contributed by atoms with Crippen molar-refractivity contribution in [2.75, 3.05) is 5.43 Å². The number of hydrogen-bond donors (Lipinski definition) is 2. The summed E-state index contributed by atoms with van der Waals surface area (Å²) in [7, 11) is 0. The van der Waals surface area contributed by atoms with Crippen LogP contribution in [-0.4, -0.2) is 16.1 Å². The van der Waals surface area contributed by atoms with Gasteiger partial charge in [-0.15, -0.1) is 0 Å². The van der Waals surface area contributed by atoms with Crippen molar-refractivity contribution in [1.29, 1.82) is 0 Å². The van der Waals surface area contributed by atoms with Crippen LogP contribution in [0.2, 0.25) is 0 Å². The van der Waals surface area contributed by atoms with Gasteiger partial charge in [0.1, 0.15) is 4.88 Å². The smallest absolute Gasteiger partial charge is 0.278 e. The van der Waals surface area contributed by atoms with Crippen LogP contribution in [0.25, 0.3) is 5.82 Å². The highest BCUT2D eigenvalue weighted by Gasteiger charge is 2.15. The maximum atomic E-state index is 11.6. The lowest BCUT2D eigenvalue weighted by Gasteiger charge is -1.99. The Morgan fingerprint density at radius 1 is 1.21 bits per heavy atom. The fraction of sp³-hybridized carbons (Fsp3) is 0. The maximum Gasteiger partial charge on any atom is 0.390 e. The Balaban J connectivity index is 1.78. The van der Waals surface area contributed by atoms with Gasteiger partial charge < -0.3 is 0 Å². The predicted octanol–water partition coefficient (Wildman–Crippen LogP) is 2.07. The fourth-order valence-corrected chi connectivity index (χ4v) is 2.69. The van der Waals surface area contributed by atoms with Crippen molar-refractivity contribution >= 4 is 28.9 Å². The van der Waals surface area contributed by atoms with Gasteiger partial charge in [0.05, 0.1) is 29.2 Å². The van der Waals surface area contributed by atoms with Gasteiger partial charge in [-0.1, -0.05) is 6.07 Å². The molecule has 8 nitrogen and oxygen atoms in total. The van der Waals surface area contributed by atoms with E-state index in [0.717, 1.165) is 11.3 Å². The van der Waals surface area contributed by atoms with Crippen LogP contribution >= 0.6 is 11.3 Å². The van der Waals surface area contributed by atoms with E-state index in [-0.39, 0.29) is 10.6 Å². The minimum atomic E-state index is -0.465. The standard InChI is InChI=1S/C15H11N5O3S/c21-15-17-14(19-8-2-1-3-9-19)13(24-15)10-16-18-11-4-6-12(7-5-11)20(22)23/h1-10,18H/p+1. The van der Waals surface area contributed by atoms with Crippen LogP contribution in [0.4, 0.5) is 11.4 Å². The Hall–Kier alpha value is -3.33. The number of non-ortho nitro benzene ring substituents is 1. The molecule has 0 atom stereocenters. The van der Waals surface area contributed by atoms with E-state index in [2.05, 4.69) is 15.5 Å². The van der Waals surface area contributed by atoms with Gasteiger partial charge >= 0.3 is 10.7 Å². The largest absolute Gasteiger partial charge is 0.390 e. The zero-order valence-electron chi connectivity index (χ0n) is 12.2. The molecule has 24 heavy (non-hydrogen) atoms. The Bertz CT molecular complexity index is 932. The molecule has 0 unspecified atom stereocenters. The third kappa shape index (κ3) is 3.52. The van der Waals surface area contributed by atoms with Gasteiger partial charge in [-0.3, -0.25) is 15.5 Å². The molecule has 0 bridgehead atoms. The van der Waals surface area contributed by atoms with Crippen molar-refractivity contribution in [2.45, 2.75) is 0 Å². The number of hydrogen-bond acceptors (Lipinski definition) is 6. The average Bonchev–Trinajstić information content (AvgIpc) is 2.97. The molecule has 1 aromatic carbocycles. The number of pyridine rings is 1. The molecule has 0 saturated carbocycles. The number of benzene rings is 1. The van der Waals surface area contributed by atoms with Crippen molar-refractivity contribution in [2.24, 2.45) is 5.10 Å². The van der Waals surface area contributed by atoms with Gasteiger partial charge in [-0.25, -0.2) is 9.36 Å². The number of rotatable bonds is 5. The predicted molar refractivity (Wildman–Crippen MR) is 90.8 cm³/mol. The van der Waals surface area contributed by atoms with Crippen LogP contribution in [0.1, 0.15) is 4.88 Å². The third-order valence-corrected chi connectivity index (χ3v) is 3.89. The van der Waals surface area contributed by atoms with E-state index in [1.807, 2.05) is 30.6 Å². The Labute approximate surface area is 139 Å². The lowest BCUT2D eigenvalue weighted by atomic mass is 10.3. The highest BCUT2D eigenvalue weighted by molar-refractivity contribution is 7.11. The van der Waals surface area contributed by atoms with Gasteiger partial charge in [0, 0.05) is 12.1 Å². The normalized spacial score (nSPS) is 10.8. The number of nitrogens with one attached hydrogen (secondary N) is 2. The lowest BCUT2D eigenvalue weighted by Crippen LogP contribution is -2.31. The molecule has 0 radical (unpaired) electrons. The van der Waals surface area contributed by atoms with Crippen LogP contribution in [0.5, 0.6) is 0 Å². The average molecular weight is 342 g/mol. The number of nitro benzene ring substituents is 1. The number of thiazole rings is 1. The van der Waals surface area contributed by atoms with Crippen molar-refractivity contribution in [3.63, 3.8) is 0 Å². The van der Waals surface area contributed by atoms with Gasteiger partial charge in [-0.05, 0) is 35.6 Å². The van der Waals surface area contributed by atoms with Crippen LogP contribution in [0.3, 0.4) is 0 Å². The number of anilines is 1. The minimum absolute atomic E-state index is 0.0103. The fourth-order valence-electron chi connectivity index (χ4n) is 1.98. The monoisotopic (exact) mass is 342 g/mol. The maximum absolute atomic E-state index is 11.6. The number of nitro groups is 1. The summed E-state index contributed by atoms with van der Waals surface area (Å²) in [6, 6.07) is 11.5. The second-order valence-corrected chi connectivity index (χ2v) is 5.70. The summed E-state index contributed by atoms with van der Waals surface area (Å²) in [4.78, 5) is 25.0. The van der Waals surface area contributed by atoms with Crippen LogP contribution < -0.4 is 14.9 Å². The van der Waals surface area contributed by atoms with Gasteiger partial charge in [0.2, 0.25) is 0 Å². The summed E-state index contributed by atoms with van der Waals surface area (Å²) in [5.41, 5.74) is 3.39. The molecule has 2 aromatic heterocycles. The Morgan fingerprint density at radius 3 is 2.58 bits per heavy atom. The van der Waals surface area contributed by atoms with Crippen molar-refractivity contribution < 1.29 is 9.49 Å². The second-order valence-electron chi connectivity index (χ2n) is 4.68. The molecule has 0 amide bonds. The molecule has 120 valence electrons. The first-order valence-electron chi connectivity index (χ1n) is 6.87. The van der Waals surface area contributed by atoms with Gasteiger partial charge in [-0.2, -0.15) is 10.1 Å². The first-order chi connectivity index (χ1) is 11.6. The summed E-state index contributed by atoms with van der Waals surface area (Å²) in [5, 5.41) is 14.7. The van der Waals surface area contributed by atoms with Crippen LogP contribution in [0, 0.1) is 10.1 Å². The number of aromatic nitrogens is 2. The highest BCUT2D eigenvalue weighted by Crippen LogP contribution is 2.15. The second kappa shape index (κ2) is 6.84. The molecule has 0 saturated heterocycles. The Morgan fingerprint density at radius 2 is 1.92 bits per heavy atom. The molecule has 0 spiro atoms. The molecule has 2 N–H and O–H groups in total. The quantitative estimate of drug-likeness (QED) is 0.320. The van der Waals surface area contributed by atoms with Crippen molar-refractivity contribution in [1.82, 2.24) is 4.98 Å². The summed E-state index contributed by atoms with van der Waals surface area (Å²) >= 11 is 1.04. The summed E-state index contributed by atoms with van der Waals surface area (Å²) in [6.07, 6.45) is 5.16. The topological polar surface area (TPSA) is 104 Å². The lowest BCUT2D eigenvalue weighted by molar-refractivity contribution is -0.599. The summed E-state index contributed by atoms with van der Waals surface area (Å²) in [6.45, 7) is 0. The van der Waals surface area contributed by atoms with Crippen LogP contribution in [-0.2, 0) is 0 Å². The molecule has 9 heteroatoms. The van der Waals surface area contributed by atoms with Crippen molar-refractivity contribution in [3.05, 3.63) is 79.5 Å². The van der Waals surface area contributed by atoms with E-state index in [1.54, 1.807) is 16.7 Å². The first-order valence-corrected chi connectivity index (χ1v) is 7.68. The summed E-state index contributed by atoms with van der Waals surface area (Å²) < 4.78 is 1.78. The Kier molecular flexibility index (Phi) is 4.43. The third-order valence-electron chi connectivity index (χ3n) is 3.08. The van der Waals surface area contributed by atoms with E-state index in [4.69, 9.17) is 0 Å². The van der Waals surface area contributed by atoms with Crippen molar-refractivity contribution in [3.8, 4) is 5.82 Å². The molecule has 3 aromatic rings. The molecule has 0 aliphatic rings. The molecular formula is C15H12N5O3S+. The van der Waals surface area contributed by atoms with E-state index in [0.29, 0.717) is 16.4 Å². The molecule has 0 fully saturated rings. The first kappa shape index (κ1) is 15.6. The molecule has 2 heterocycles. The van der Waals surface area contributed by atoms with Crippen LogP contribution in [0.15, 0.2) is 64.8 Å². The SMILES string of the molecule is O=c1[nH]c(-[n+]2ccccc2)c(C=NNc2ccc([N+](=O)[O-])cc2)s1. The number of hydrazone groups is 1. The van der Waals surface area contributed by atoms with E-state index in [9.17, 15) is 14.9 Å². The highest BCUT2D eigenvalue weighted by atomic mass is 32.1. The van der Waals surface area contributed by atoms with Gasteiger partial charge in [0.15, 0.2) is 0 Å². The minimum Gasteiger partial charge on any atom is -0.278 e. The molecule has 0 aliphatic heterocycles. The number of aromatic amines is 1. The number of H-pyrrole nitrogens is 1. The number of nitrogens with zero attached hydrogens (tertiary/aromatic N) is 3. The molecule has 3 rings (SSSR count). The zero-order valence-corrected chi connectivity index (χ0v) is 13.1. The van der Waals surface area contributed by atoms with Gasteiger partial charge in [0.25, 0.3) is 5.69 Å². The summed E-state index contributed by atoms with van der Waals surface area (Å²) in [5.74, 6) is 0.625. The zero-order chi connectivity index (χ0) is 16.9. The van der Waals surface area contributed by atoms with E-state index >= 15 is 0 Å². The van der Waals surface area contributed by atoms with E-state index in [1.165, 1.54) is 18.3 Å². The molecule has 0 aliphatic carbocycles.